The predicted molar refractivity (Wildman–Crippen MR) is 77.9 cm³/mol. The molecule has 1 aromatic heterocycles. The van der Waals surface area contributed by atoms with E-state index in [1.807, 2.05) is 39.7 Å². The summed E-state index contributed by atoms with van der Waals surface area (Å²) in [5.41, 5.74) is 0.856. The van der Waals surface area contributed by atoms with Gasteiger partial charge in [0.15, 0.2) is 0 Å². The van der Waals surface area contributed by atoms with Crippen LogP contribution in [0.15, 0.2) is 39.9 Å². The molecule has 0 amide bonds. The van der Waals surface area contributed by atoms with Gasteiger partial charge in [0, 0.05) is 0 Å². The summed E-state index contributed by atoms with van der Waals surface area (Å²) in [6, 6.07) is 9.91. The molecule has 4 aliphatic carbocycles. The molecule has 4 fully saturated rings. The maximum atomic E-state index is 13.0. The molecule has 0 spiro atoms. The Kier molecular flexibility index (Phi) is 1.29. The molecule has 0 radical (unpaired) electrons. The predicted octanol–water partition coefficient (Wildman–Crippen LogP) is 1.04. The molecule has 1 aromatic carbocycles. The van der Waals surface area contributed by atoms with Gasteiger partial charge in [-0.3, -0.25) is 0 Å². The molecule has 0 saturated heterocycles. The second kappa shape index (κ2) is 2.66. The van der Waals surface area contributed by atoms with Gasteiger partial charge in [0.25, 0.3) is 0 Å². The first kappa shape index (κ1) is 10.6. The molecule has 5 heteroatoms. The number of hydrogen-bond donors (Lipinski definition) is 0. The second-order valence-electron chi connectivity index (χ2n) is 8.00. The van der Waals surface area contributed by atoms with Crippen LogP contribution in [-0.2, 0) is 0 Å². The first-order valence-electron chi connectivity index (χ1n) is 8.19. The van der Waals surface area contributed by atoms with Crippen LogP contribution in [0.25, 0.3) is 5.69 Å². The Bertz CT molecular complexity index is 942. The third-order valence-corrected chi connectivity index (χ3v) is 7.68. The van der Waals surface area contributed by atoms with Crippen LogP contribution in [0.1, 0.15) is 19.0 Å². The first-order valence-corrected chi connectivity index (χ1v) is 8.19. The fourth-order valence-corrected chi connectivity index (χ4v) is 7.20. The van der Waals surface area contributed by atoms with Gasteiger partial charge < -0.3 is 0 Å². The third kappa shape index (κ3) is 0.733. The van der Waals surface area contributed by atoms with E-state index in [9.17, 15) is 9.59 Å². The Morgan fingerprint density at radius 1 is 0.864 bits per heavy atom. The van der Waals surface area contributed by atoms with Gasteiger partial charge in [0.05, 0.1) is 17.8 Å². The van der Waals surface area contributed by atoms with Crippen LogP contribution in [0.3, 0.4) is 0 Å². The van der Waals surface area contributed by atoms with E-state index >= 15 is 0 Å². The molecule has 2 aliphatic heterocycles. The highest BCUT2D eigenvalue weighted by atomic mass is 16.2. The van der Waals surface area contributed by atoms with Crippen LogP contribution in [0.2, 0.25) is 0 Å². The minimum atomic E-state index is -0.134. The van der Waals surface area contributed by atoms with E-state index in [-0.39, 0.29) is 11.4 Å². The molecule has 2 unspecified atom stereocenters. The Morgan fingerprint density at radius 2 is 1.41 bits per heavy atom. The highest BCUT2D eigenvalue weighted by Gasteiger charge is 2.95. The number of aromatic nitrogens is 3. The number of nitrogens with zero attached hydrogens (tertiary/aromatic N) is 3. The van der Waals surface area contributed by atoms with Gasteiger partial charge in [-0.2, -0.15) is 0 Å². The van der Waals surface area contributed by atoms with Gasteiger partial charge in [-0.05, 0) is 47.1 Å². The van der Waals surface area contributed by atoms with Crippen molar-refractivity contribution in [3.05, 3.63) is 51.3 Å². The van der Waals surface area contributed by atoms with Crippen LogP contribution < -0.4 is 11.4 Å². The minimum absolute atomic E-state index is 0.134. The fraction of sp³-hybridized carbons (Fsp3) is 0.529. The summed E-state index contributed by atoms with van der Waals surface area (Å²) in [6.07, 6.45) is 0. The highest BCUT2D eigenvalue weighted by molar-refractivity contribution is 5.43. The van der Waals surface area contributed by atoms with Crippen LogP contribution in [-0.4, -0.2) is 13.9 Å². The van der Waals surface area contributed by atoms with Gasteiger partial charge in [-0.15, -0.1) is 0 Å². The third-order valence-electron chi connectivity index (χ3n) is 7.68. The molecular formula is C17H15N3O2. The zero-order valence-electron chi connectivity index (χ0n) is 12.1. The van der Waals surface area contributed by atoms with Gasteiger partial charge in [0.1, 0.15) is 0 Å². The summed E-state index contributed by atoms with van der Waals surface area (Å²) in [5.74, 6) is 3.44. The Morgan fingerprint density at radius 3 is 1.86 bits per heavy atom. The number of rotatable bonds is 1. The number of benzene rings is 1. The molecule has 3 heterocycles. The van der Waals surface area contributed by atoms with E-state index in [1.165, 1.54) is 4.57 Å². The maximum absolute atomic E-state index is 13.0. The molecule has 4 saturated carbocycles. The summed E-state index contributed by atoms with van der Waals surface area (Å²) in [5, 5.41) is 0. The maximum Gasteiger partial charge on any atom is 0.352 e. The topological polar surface area (TPSA) is 48.9 Å². The Hall–Kier alpha value is -2.04. The SMILES string of the molecule is CC12C3[C@H]4[C@H]3[C@@H]3[C@H]1[C@H]2[C@@H]4n1c(=O)n(-c2ccccc2)c(=O)n13. The summed E-state index contributed by atoms with van der Waals surface area (Å²) in [7, 11) is 0. The van der Waals surface area contributed by atoms with E-state index in [2.05, 4.69) is 6.92 Å². The van der Waals surface area contributed by atoms with E-state index in [4.69, 9.17) is 0 Å². The van der Waals surface area contributed by atoms with Crippen molar-refractivity contribution < 1.29 is 0 Å². The van der Waals surface area contributed by atoms with Gasteiger partial charge in [0.2, 0.25) is 0 Å². The lowest BCUT2D eigenvalue weighted by Crippen LogP contribution is -2.45. The molecule has 8 atom stereocenters. The highest BCUT2D eigenvalue weighted by Crippen LogP contribution is 2.97. The van der Waals surface area contributed by atoms with Gasteiger partial charge in [-0.1, -0.05) is 25.1 Å². The van der Waals surface area contributed by atoms with E-state index in [1.54, 1.807) is 0 Å². The quantitative estimate of drug-likeness (QED) is 0.789. The van der Waals surface area contributed by atoms with Crippen molar-refractivity contribution in [2.45, 2.75) is 19.0 Å². The van der Waals surface area contributed by atoms with Crippen LogP contribution >= 0.6 is 0 Å². The minimum Gasteiger partial charge on any atom is -0.245 e. The molecule has 22 heavy (non-hydrogen) atoms. The normalized spacial score (nSPS) is 50.1. The lowest BCUT2D eigenvalue weighted by atomic mass is 9.89. The Labute approximate surface area is 125 Å². The molecule has 2 bridgehead atoms. The zero-order chi connectivity index (χ0) is 14.5. The van der Waals surface area contributed by atoms with Crippen molar-refractivity contribution in [3.8, 4) is 5.69 Å². The van der Waals surface area contributed by atoms with Gasteiger partial charge in [-0.25, -0.2) is 23.5 Å². The fourth-order valence-electron chi connectivity index (χ4n) is 7.20. The van der Waals surface area contributed by atoms with Crippen molar-refractivity contribution in [2.75, 3.05) is 0 Å². The molecule has 8 rings (SSSR count). The van der Waals surface area contributed by atoms with Gasteiger partial charge >= 0.3 is 11.4 Å². The summed E-state index contributed by atoms with van der Waals surface area (Å²) >= 11 is 0. The largest absolute Gasteiger partial charge is 0.352 e. The molecule has 5 nitrogen and oxygen atoms in total. The van der Waals surface area contributed by atoms with Crippen molar-refractivity contribution in [1.29, 1.82) is 0 Å². The van der Waals surface area contributed by atoms with E-state index < -0.39 is 0 Å². The number of para-hydroxylation sites is 1. The van der Waals surface area contributed by atoms with Crippen LogP contribution in [0.5, 0.6) is 0 Å². The summed E-state index contributed by atoms with van der Waals surface area (Å²) in [4.78, 5) is 25.9. The van der Waals surface area contributed by atoms with Crippen molar-refractivity contribution in [2.24, 2.45) is 35.0 Å². The average molecular weight is 293 g/mol. The monoisotopic (exact) mass is 293 g/mol. The molecule has 2 aromatic rings. The number of hydrogen-bond acceptors (Lipinski definition) is 2. The second-order valence-corrected chi connectivity index (χ2v) is 8.00. The Balaban J connectivity index is 1.57. The summed E-state index contributed by atoms with van der Waals surface area (Å²) in [6.45, 7) is 2.40. The lowest BCUT2D eigenvalue weighted by molar-refractivity contribution is 0.112. The van der Waals surface area contributed by atoms with Crippen molar-refractivity contribution >= 4 is 0 Å². The molecular weight excluding hydrogens is 278 g/mol. The van der Waals surface area contributed by atoms with Crippen molar-refractivity contribution in [1.82, 2.24) is 13.9 Å². The van der Waals surface area contributed by atoms with Crippen molar-refractivity contribution in [3.63, 3.8) is 0 Å². The first-order chi connectivity index (χ1) is 10.7. The molecule has 110 valence electrons. The van der Waals surface area contributed by atoms with Crippen LogP contribution in [0.4, 0.5) is 0 Å². The summed E-state index contributed by atoms with van der Waals surface area (Å²) < 4.78 is 5.04. The zero-order valence-corrected chi connectivity index (χ0v) is 12.1. The molecule has 6 aliphatic rings. The standard InChI is InChI=1S/C17H15N3O2/c1-17-10-8-9(10)14-12(17)11(17)13(8)19-15(21)18(16(22)20(14)19)7-5-3-2-4-6-7/h2-6,8-14H,1H3/t8-,9-,10?,11-,12+,13-,14-,17?/m1/s1. The van der Waals surface area contributed by atoms with E-state index in [0.29, 0.717) is 46.9 Å². The molecule has 0 N–H and O–H groups in total. The average Bonchev–Trinajstić information content (AvgIpc) is 3.34. The van der Waals surface area contributed by atoms with E-state index in [0.717, 1.165) is 5.92 Å². The van der Waals surface area contributed by atoms with Crippen LogP contribution in [0, 0.1) is 35.0 Å². The lowest BCUT2D eigenvalue weighted by Gasteiger charge is -2.36. The smallest absolute Gasteiger partial charge is 0.245 e.